The van der Waals surface area contributed by atoms with Gasteiger partial charge in [0.25, 0.3) is 0 Å². The summed E-state index contributed by atoms with van der Waals surface area (Å²) in [5.41, 5.74) is 7.30. The number of amides is 1. The Morgan fingerprint density at radius 3 is 2.71 bits per heavy atom. The molecule has 0 bridgehead atoms. The second kappa shape index (κ2) is 8.03. The molecule has 21 heavy (non-hydrogen) atoms. The van der Waals surface area contributed by atoms with Gasteiger partial charge in [0, 0.05) is 19.0 Å². The van der Waals surface area contributed by atoms with Gasteiger partial charge < -0.3 is 15.8 Å². The van der Waals surface area contributed by atoms with Crippen molar-refractivity contribution in [1.29, 1.82) is 0 Å². The maximum Gasteiger partial charge on any atom is 0.221 e. The molecule has 4 heteroatoms. The van der Waals surface area contributed by atoms with Crippen molar-refractivity contribution >= 4 is 5.91 Å². The number of hydrogen-bond donors (Lipinski definition) is 2. The number of ether oxygens (including phenoxy) is 1. The third kappa shape index (κ3) is 7.71. The van der Waals surface area contributed by atoms with Gasteiger partial charge in [0.15, 0.2) is 0 Å². The largest absolute Gasteiger partial charge is 0.497 e. The predicted octanol–water partition coefficient (Wildman–Crippen LogP) is 2.51. The van der Waals surface area contributed by atoms with Gasteiger partial charge in [-0.15, -0.1) is 0 Å². The number of rotatable bonds is 7. The minimum atomic E-state index is -0.0816. The van der Waals surface area contributed by atoms with Crippen LogP contribution in [0, 0.1) is 5.41 Å². The van der Waals surface area contributed by atoms with Crippen molar-refractivity contribution in [3.63, 3.8) is 0 Å². The molecule has 3 N–H and O–H groups in total. The molecule has 0 radical (unpaired) electrons. The second-order valence-corrected chi connectivity index (χ2v) is 6.68. The summed E-state index contributed by atoms with van der Waals surface area (Å²) in [5.74, 6) is 0.862. The molecule has 1 unspecified atom stereocenters. The van der Waals surface area contributed by atoms with Crippen LogP contribution in [0.25, 0.3) is 0 Å². The number of nitrogens with one attached hydrogen (secondary N) is 1. The smallest absolute Gasteiger partial charge is 0.221 e. The number of methoxy groups -OCH3 is 1. The molecular weight excluding hydrogens is 264 g/mol. The van der Waals surface area contributed by atoms with Crippen LogP contribution in [0.1, 0.15) is 39.2 Å². The van der Waals surface area contributed by atoms with Crippen LogP contribution in [-0.4, -0.2) is 25.6 Å². The fourth-order valence-corrected chi connectivity index (χ4v) is 2.34. The van der Waals surface area contributed by atoms with E-state index in [1.54, 1.807) is 7.11 Å². The summed E-state index contributed by atoms with van der Waals surface area (Å²) in [6.07, 6.45) is 2.02. The molecule has 1 rings (SSSR count). The summed E-state index contributed by atoms with van der Waals surface area (Å²) in [6, 6.07) is 7.79. The highest BCUT2D eigenvalue weighted by Crippen LogP contribution is 2.20. The Bertz CT molecular complexity index is 452. The molecule has 0 aliphatic rings. The Labute approximate surface area is 128 Å². The van der Waals surface area contributed by atoms with Gasteiger partial charge in [0.2, 0.25) is 5.91 Å². The van der Waals surface area contributed by atoms with Gasteiger partial charge in [0.1, 0.15) is 5.75 Å². The van der Waals surface area contributed by atoms with Gasteiger partial charge in [-0.1, -0.05) is 32.9 Å². The van der Waals surface area contributed by atoms with E-state index in [0.29, 0.717) is 13.0 Å². The predicted molar refractivity (Wildman–Crippen MR) is 86.4 cm³/mol. The van der Waals surface area contributed by atoms with Crippen molar-refractivity contribution in [1.82, 2.24) is 5.32 Å². The minimum absolute atomic E-state index is 0.0228. The molecule has 0 saturated carbocycles. The summed E-state index contributed by atoms with van der Waals surface area (Å²) in [5, 5.41) is 2.93. The maximum absolute atomic E-state index is 11.8. The molecule has 1 aromatic rings. The Morgan fingerprint density at radius 1 is 1.38 bits per heavy atom. The first kappa shape index (κ1) is 17.5. The van der Waals surface area contributed by atoms with E-state index in [1.165, 1.54) is 0 Å². The fourth-order valence-electron chi connectivity index (χ4n) is 2.34. The first-order chi connectivity index (χ1) is 9.80. The summed E-state index contributed by atoms with van der Waals surface area (Å²) in [4.78, 5) is 11.8. The highest BCUT2D eigenvalue weighted by atomic mass is 16.5. The number of nitrogens with two attached hydrogens (primary N) is 1. The van der Waals surface area contributed by atoms with Crippen LogP contribution in [0.4, 0.5) is 0 Å². The summed E-state index contributed by atoms with van der Waals surface area (Å²) in [6.45, 7) is 7.02. The molecule has 1 atom stereocenters. The molecule has 1 amide bonds. The maximum atomic E-state index is 11.8. The normalized spacial score (nSPS) is 12.8. The van der Waals surface area contributed by atoms with Crippen molar-refractivity contribution in [3.8, 4) is 5.75 Å². The molecule has 0 aliphatic heterocycles. The van der Waals surface area contributed by atoms with Gasteiger partial charge in [-0.3, -0.25) is 4.79 Å². The first-order valence-electron chi connectivity index (χ1n) is 7.45. The van der Waals surface area contributed by atoms with Crippen LogP contribution in [0.5, 0.6) is 5.75 Å². The van der Waals surface area contributed by atoms with Crippen molar-refractivity contribution in [2.45, 2.75) is 46.1 Å². The lowest BCUT2D eigenvalue weighted by Gasteiger charge is -2.22. The zero-order chi connectivity index (χ0) is 15.9. The first-order valence-corrected chi connectivity index (χ1v) is 7.45. The lowest BCUT2D eigenvalue weighted by Crippen LogP contribution is -2.34. The lowest BCUT2D eigenvalue weighted by atomic mass is 9.87. The highest BCUT2D eigenvalue weighted by molar-refractivity contribution is 5.76. The monoisotopic (exact) mass is 292 g/mol. The van der Waals surface area contributed by atoms with E-state index in [9.17, 15) is 4.79 Å². The zero-order valence-electron chi connectivity index (χ0n) is 13.6. The van der Waals surface area contributed by atoms with Crippen molar-refractivity contribution in [3.05, 3.63) is 29.8 Å². The van der Waals surface area contributed by atoms with E-state index >= 15 is 0 Å². The van der Waals surface area contributed by atoms with Gasteiger partial charge in [-0.25, -0.2) is 0 Å². The summed E-state index contributed by atoms with van der Waals surface area (Å²) >= 11 is 0. The van der Waals surface area contributed by atoms with Crippen LogP contribution in [0.3, 0.4) is 0 Å². The van der Waals surface area contributed by atoms with Crippen LogP contribution >= 0.6 is 0 Å². The topological polar surface area (TPSA) is 64.3 Å². The number of carbonyl (C=O) groups is 1. The molecule has 118 valence electrons. The molecule has 0 aliphatic carbocycles. The van der Waals surface area contributed by atoms with Gasteiger partial charge >= 0.3 is 0 Å². The van der Waals surface area contributed by atoms with Crippen molar-refractivity contribution in [2.75, 3.05) is 13.7 Å². The van der Waals surface area contributed by atoms with Gasteiger partial charge in [0.05, 0.1) is 7.11 Å². The number of carbonyl (C=O) groups excluding carboxylic acids is 1. The molecule has 0 spiro atoms. The van der Waals surface area contributed by atoms with E-state index in [4.69, 9.17) is 10.5 Å². The number of hydrogen-bond acceptors (Lipinski definition) is 3. The Balaban J connectivity index is 2.30. The quantitative estimate of drug-likeness (QED) is 0.811. The molecule has 0 fully saturated rings. The Hall–Kier alpha value is -1.55. The minimum Gasteiger partial charge on any atom is -0.497 e. The second-order valence-electron chi connectivity index (χ2n) is 6.68. The van der Waals surface area contributed by atoms with E-state index in [-0.39, 0.29) is 17.4 Å². The average molecular weight is 292 g/mol. The molecule has 0 heterocycles. The van der Waals surface area contributed by atoms with Gasteiger partial charge in [-0.05, 0) is 36.0 Å². The van der Waals surface area contributed by atoms with Crippen LogP contribution < -0.4 is 15.8 Å². The van der Waals surface area contributed by atoms with E-state index in [2.05, 4.69) is 26.1 Å². The average Bonchev–Trinajstić information content (AvgIpc) is 2.36. The van der Waals surface area contributed by atoms with Crippen molar-refractivity contribution in [2.24, 2.45) is 11.1 Å². The SMILES string of the molecule is COc1cccc(CCNC(=O)CC(N)CC(C)(C)C)c1. The van der Waals surface area contributed by atoms with E-state index in [1.807, 2.05) is 24.3 Å². The molecule has 0 aromatic heterocycles. The van der Waals surface area contributed by atoms with Crippen molar-refractivity contribution < 1.29 is 9.53 Å². The Kier molecular flexibility index (Phi) is 6.69. The number of benzene rings is 1. The molecule has 1 aromatic carbocycles. The summed E-state index contributed by atoms with van der Waals surface area (Å²) in [7, 11) is 1.65. The third-order valence-corrected chi connectivity index (χ3v) is 3.19. The molecule has 0 saturated heterocycles. The zero-order valence-corrected chi connectivity index (χ0v) is 13.6. The lowest BCUT2D eigenvalue weighted by molar-refractivity contribution is -0.121. The van der Waals surface area contributed by atoms with E-state index < -0.39 is 0 Å². The fraction of sp³-hybridized carbons (Fsp3) is 0.588. The summed E-state index contributed by atoms with van der Waals surface area (Å²) < 4.78 is 5.18. The molecule has 4 nitrogen and oxygen atoms in total. The van der Waals surface area contributed by atoms with E-state index in [0.717, 1.165) is 24.2 Å². The Morgan fingerprint density at radius 2 is 2.10 bits per heavy atom. The van der Waals surface area contributed by atoms with Crippen LogP contribution in [0.2, 0.25) is 0 Å². The standard InChI is InChI=1S/C17H28N2O2/c1-17(2,3)12-14(18)11-16(20)19-9-8-13-6-5-7-15(10-13)21-4/h5-7,10,14H,8-9,11-12,18H2,1-4H3,(H,19,20). The van der Waals surface area contributed by atoms with Gasteiger partial charge in [-0.2, -0.15) is 0 Å². The van der Waals surface area contributed by atoms with Crippen LogP contribution in [0.15, 0.2) is 24.3 Å². The molecular formula is C17H28N2O2. The van der Waals surface area contributed by atoms with Crippen LogP contribution in [-0.2, 0) is 11.2 Å². The highest BCUT2D eigenvalue weighted by Gasteiger charge is 2.17. The third-order valence-electron chi connectivity index (χ3n) is 3.19.